The Morgan fingerprint density at radius 3 is 2.72 bits per heavy atom. The summed E-state index contributed by atoms with van der Waals surface area (Å²) in [5.74, 6) is 2.62. The summed E-state index contributed by atoms with van der Waals surface area (Å²) in [6.07, 6.45) is 2.26. The number of nitrogens with one attached hydrogen (secondary N) is 1. The summed E-state index contributed by atoms with van der Waals surface area (Å²) in [5, 5.41) is 11.7. The monoisotopic (exact) mass is 496 g/mol. The van der Waals surface area contributed by atoms with E-state index in [-0.39, 0.29) is 24.0 Å². The number of hydrogen-bond acceptors (Lipinski definition) is 4. The number of thiophene rings is 1. The first-order chi connectivity index (χ1) is 11.5. The molecule has 2 aromatic rings. The minimum atomic E-state index is 0. The Hall–Kier alpha value is -0.870. The number of aromatic nitrogens is 3. The van der Waals surface area contributed by atoms with Crippen molar-refractivity contribution in [1.29, 1.82) is 0 Å². The average molecular weight is 497 g/mol. The van der Waals surface area contributed by atoms with E-state index in [9.17, 15) is 0 Å². The zero-order valence-corrected chi connectivity index (χ0v) is 19.0. The quantitative estimate of drug-likeness (QED) is 0.274. The SMILES string of the molecule is CCCCNC(=NCc1nnc(C)n1C)N(C)Cc1ccc(Cl)s1.I. The summed E-state index contributed by atoms with van der Waals surface area (Å²) in [6, 6.07) is 3.98. The van der Waals surface area contributed by atoms with Gasteiger partial charge in [0.05, 0.1) is 10.9 Å². The number of aliphatic imine (C=N–C) groups is 1. The molecule has 140 valence electrons. The first-order valence-electron chi connectivity index (χ1n) is 8.09. The highest BCUT2D eigenvalue weighted by Crippen LogP contribution is 2.22. The van der Waals surface area contributed by atoms with E-state index in [1.54, 1.807) is 11.3 Å². The molecule has 0 fully saturated rings. The predicted octanol–water partition coefficient (Wildman–Crippen LogP) is 3.83. The Balaban J connectivity index is 0.00000312. The zero-order chi connectivity index (χ0) is 17.5. The summed E-state index contributed by atoms with van der Waals surface area (Å²) in [5.41, 5.74) is 0. The van der Waals surface area contributed by atoms with E-state index in [0.29, 0.717) is 6.54 Å². The summed E-state index contributed by atoms with van der Waals surface area (Å²) in [6.45, 7) is 6.29. The fourth-order valence-corrected chi connectivity index (χ4v) is 3.31. The highest BCUT2D eigenvalue weighted by Gasteiger charge is 2.10. The van der Waals surface area contributed by atoms with Crippen molar-refractivity contribution in [2.75, 3.05) is 13.6 Å². The molecule has 0 amide bonds. The number of halogens is 2. The predicted molar refractivity (Wildman–Crippen MR) is 116 cm³/mol. The number of nitrogens with zero attached hydrogens (tertiary/aromatic N) is 5. The van der Waals surface area contributed by atoms with Gasteiger partial charge in [0.2, 0.25) is 0 Å². The Kier molecular flexibility index (Phi) is 9.73. The average Bonchev–Trinajstić information content (AvgIpc) is 3.10. The number of rotatable bonds is 7. The summed E-state index contributed by atoms with van der Waals surface area (Å²) >= 11 is 7.62. The van der Waals surface area contributed by atoms with Gasteiger partial charge in [-0.15, -0.1) is 45.5 Å². The molecule has 0 aliphatic rings. The molecule has 2 heterocycles. The van der Waals surface area contributed by atoms with E-state index in [1.165, 1.54) is 4.88 Å². The Bertz CT molecular complexity index is 684. The summed E-state index contributed by atoms with van der Waals surface area (Å²) < 4.78 is 2.78. The molecule has 2 rings (SSSR count). The Morgan fingerprint density at radius 2 is 2.16 bits per heavy atom. The molecule has 1 N–H and O–H groups in total. The lowest BCUT2D eigenvalue weighted by molar-refractivity contribution is 0.477. The molecule has 0 saturated carbocycles. The van der Waals surface area contributed by atoms with Gasteiger partial charge in [0.15, 0.2) is 11.8 Å². The van der Waals surface area contributed by atoms with Gasteiger partial charge in [0.25, 0.3) is 0 Å². The van der Waals surface area contributed by atoms with Gasteiger partial charge in [-0.3, -0.25) is 0 Å². The second-order valence-electron chi connectivity index (χ2n) is 5.70. The number of hydrogen-bond donors (Lipinski definition) is 1. The van der Waals surface area contributed by atoms with Crippen molar-refractivity contribution < 1.29 is 0 Å². The maximum Gasteiger partial charge on any atom is 0.194 e. The summed E-state index contributed by atoms with van der Waals surface area (Å²) in [7, 11) is 4.00. The molecule has 0 unspecified atom stereocenters. The van der Waals surface area contributed by atoms with E-state index in [0.717, 1.165) is 47.9 Å². The maximum absolute atomic E-state index is 6.02. The van der Waals surface area contributed by atoms with Crippen LogP contribution in [0.15, 0.2) is 17.1 Å². The van der Waals surface area contributed by atoms with Crippen molar-refractivity contribution >= 4 is 52.9 Å². The van der Waals surface area contributed by atoms with Crippen molar-refractivity contribution in [3.05, 3.63) is 33.0 Å². The van der Waals surface area contributed by atoms with Crippen LogP contribution in [0, 0.1) is 6.92 Å². The lowest BCUT2D eigenvalue weighted by Crippen LogP contribution is -2.39. The standard InChI is InChI=1S/C16H25ClN6S.HI/c1-5-6-9-18-16(19-10-15-21-20-12(2)23(15)4)22(3)11-13-7-8-14(17)24-13;/h7-8H,5-6,9-11H2,1-4H3,(H,18,19);1H. The van der Waals surface area contributed by atoms with Crippen LogP contribution in [-0.2, 0) is 20.1 Å². The van der Waals surface area contributed by atoms with Crippen LogP contribution in [0.2, 0.25) is 4.34 Å². The minimum Gasteiger partial charge on any atom is -0.356 e. The normalized spacial score (nSPS) is 11.3. The fraction of sp³-hybridized carbons (Fsp3) is 0.562. The molecule has 0 aromatic carbocycles. The van der Waals surface area contributed by atoms with E-state index in [1.807, 2.05) is 31.7 Å². The van der Waals surface area contributed by atoms with E-state index in [2.05, 4.69) is 33.4 Å². The third kappa shape index (κ3) is 6.74. The molecule has 25 heavy (non-hydrogen) atoms. The van der Waals surface area contributed by atoms with E-state index >= 15 is 0 Å². The molecule has 0 spiro atoms. The molecule has 0 atom stereocenters. The van der Waals surface area contributed by atoms with E-state index < -0.39 is 0 Å². The lowest BCUT2D eigenvalue weighted by atomic mass is 10.3. The molecule has 0 aliphatic carbocycles. The van der Waals surface area contributed by atoms with Crippen LogP contribution in [0.5, 0.6) is 0 Å². The van der Waals surface area contributed by atoms with Crippen molar-refractivity contribution in [3.63, 3.8) is 0 Å². The Morgan fingerprint density at radius 1 is 1.40 bits per heavy atom. The fourth-order valence-electron chi connectivity index (χ4n) is 2.17. The van der Waals surface area contributed by atoms with E-state index in [4.69, 9.17) is 16.6 Å². The molecule has 2 aromatic heterocycles. The van der Waals surface area contributed by atoms with Crippen LogP contribution >= 0.6 is 46.9 Å². The van der Waals surface area contributed by atoms with Crippen LogP contribution in [0.1, 0.15) is 36.3 Å². The molecule has 9 heteroatoms. The molecule has 0 bridgehead atoms. The van der Waals surface area contributed by atoms with Crippen molar-refractivity contribution in [3.8, 4) is 0 Å². The summed E-state index contributed by atoms with van der Waals surface area (Å²) in [4.78, 5) is 8.04. The van der Waals surface area contributed by atoms with Gasteiger partial charge in [-0.05, 0) is 25.5 Å². The largest absolute Gasteiger partial charge is 0.356 e. The van der Waals surface area contributed by atoms with Gasteiger partial charge in [-0.2, -0.15) is 0 Å². The highest BCUT2D eigenvalue weighted by molar-refractivity contribution is 14.0. The molecule has 0 radical (unpaired) electrons. The van der Waals surface area contributed by atoms with Gasteiger partial charge in [-0.25, -0.2) is 4.99 Å². The number of unbranched alkanes of at least 4 members (excludes halogenated alkanes) is 1. The van der Waals surface area contributed by atoms with Gasteiger partial charge < -0.3 is 14.8 Å². The second-order valence-corrected chi connectivity index (χ2v) is 7.50. The van der Waals surface area contributed by atoms with Gasteiger partial charge >= 0.3 is 0 Å². The van der Waals surface area contributed by atoms with Crippen LogP contribution in [-0.4, -0.2) is 39.2 Å². The van der Waals surface area contributed by atoms with Crippen LogP contribution in [0.25, 0.3) is 0 Å². The topological polar surface area (TPSA) is 58.3 Å². The second kappa shape index (κ2) is 11.0. The minimum absolute atomic E-state index is 0. The molecular weight excluding hydrogens is 471 g/mol. The van der Waals surface area contributed by atoms with Crippen molar-refractivity contribution in [2.24, 2.45) is 12.0 Å². The molecule has 0 saturated heterocycles. The zero-order valence-electron chi connectivity index (χ0n) is 15.1. The molecular formula is C16H26ClIN6S. The van der Waals surface area contributed by atoms with Gasteiger partial charge in [0.1, 0.15) is 12.4 Å². The van der Waals surface area contributed by atoms with Crippen molar-refractivity contribution in [1.82, 2.24) is 25.0 Å². The third-order valence-corrected chi connectivity index (χ3v) is 4.97. The molecule has 6 nitrogen and oxygen atoms in total. The highest BCUT2D eigenvalue weighted by atomic mass is 127. The Labute approximate surface area is 175 Å². The first-order valence-corrected chi connectivity index (χ1v) is 9.29. The molecule has 0 aliphatic heterocycles. The van der Waals surface area contributed by atoms with Gasteiger partial charge in [0, 0.05) is 25.5 Å². The lowest BCUT2D eigenvalue weighted by Gasteiger charge is -2.22. The first kappa shape index (κ1) is 22.2. The van der Waals surface area contributed by atoms with Crippen LogP contribution < -0.4 is 5.32 Å². The maximum atomic E-state index is 6.02. The number of guanidine groups is 1. The van der Waals surface area contributed by atoms with Crippen LogP contribution in [0.4, 0.5) is 0 Å². The smallest absolute Gasteiger partial charge is 0.194 e. The van der Waals surface area contributed by atoms with Crippen molar-refractivity contribution in [2.45, 2.75) is 39.8 Å². The number of aryl methyl sites for hydroxylation is 1. The van der Waals surface area contributed by atoms with Crippen LogP contribution in [0.3, 0.4) is 0 Å². The van der Waals surface area contributed by atoms with Gasteiger partial charge in [-0.1, -0.05) is 24.9 Å². The third-order valence-electron chi connectivity index (χ3n) is 3.75.